The number of fused-ring (bicyclic) bond motifs is 1. The van der Waals surface area contributed by atoms with E-state index in [1.165, 1.54) is 0 Å². The molecular formula is C22H21N3O4. The summed E-state index contributed by atoms with van der Waals surface area (Å²) in [5.74, 6) is -0.293. The average Bonchev–Trinajstić information content (AvgIpc) is 3.25. The molecule has 0 radical (unpaired) electrons. The number of aromatic amines is 1. The van der Waals surface area contributed by atoms with Crippen LogP contribution >= 0.6 is 0 Å². The zero-order chi connectivity index (χ0) is 20.4. The van der Waals surface area contributed by atoms with E-state index >= 15 is 0 Å². The first-order chi connectivity index (χ1) is 14.1. The third-order valence-corrected chi connectivity index (χ3v) is 4.71. The summed E-state index contributed by atoms with van der Waals surface area (Å²) in [4.78, 5) is 32.8. The van der Waals surface area contributed by atoms with Gasteiger partial charge in [-0.05, 0) is 44.9 Å². The Hall–Kier alpha value is -3.61. The molecular weight excluding hydrogens is 370 g/mol. The first-order valence-corrected chi connectivity index (χ1v) is 9.49. The van der Waals surface area contributed by atoms with Crippen molar-refractivity contribution in [1.82, 2.24) is 4.98 Å². The molecule has 0 unspecified atom stereocenters. The van der Waals surface area contributed by atoms with Crippen LogP contribution in [0.1, 0.15) is 30.0 Å². The molecule has 2 N–H and O–H groups in total. The van der Waals surface area contributed by atoms with Gasteiger partial charge in [0.05, 0.1) is 6.61 Å². The van der Waals surface area contributed by atoms with Crippen LogP contribution in [0.2, 0.25) is 0 Å². The molecule has 0 bridgehead atoms. The van der Waals surface area contributed by atoms with Gasteiger partial charge < -0.3 is 19.8 Å². The first-order valence-electron chi connectivity index (χ1n) is 9.49. The fourth-order valence-corrected chi connectivity index (χ4v) is 3.24. The van der Waals surface area contributed by atoms with Crippen molar-refractivity contribution < 1.29 is 19.1 Å². The van der Waals surface area contributed by atoms with Gasteiger partial charge in [0, 0.05) is 29.2 Å². The monoisotopic (exact) mass is 391 g/mol. The highest BCUT2D eigenvalue weighted by atomic mass is 16.5. The number of ketones is 1. The molecule has 0 spiro atoms. The number of carbonyl (C=O) groups is 2. The molecule has 1 aromatic carbocycles. The zero-order valence-electron chi connectivity index (χ0n) is 16.2. The number of aliphatic imine (C=N–C) groups is 1. The Morgan fingerprint density at radius 1 is 1.34 bits per heavy atom. The Balaban J connectivity index is 1.67. The number of anilines is 1. The van der Waals surface area contributed by atoms with Gasteiger partial charge in [0.15, 0.2) is 11.3 Å². The quantitative estimate of drug-likeness (QED) is 0.459. The van der Waals surface area contributed by atoms with E-state index < -0.39 is 11.8 Å². The number of allylic oxidation sites excluding steroid dienone is 1. The topological polar surface area (TPSA) is 92.8 Å². The van der Waals surface area contributed by atoms with Crippen LogP contribution in [0.25, 0.3) is 6.08 Å². The summed E-state index contributed by atoms with van der Waals surface area (Å²) >= 11 is 0. The smallest absolute Gasteiger partial charge is 0.347 e. The van der Waals surface area contributed by atoms with Crippen LogP contribution in [0.15, 0.2) is 52.7 Å². The molecule has 2 aliphatic heterocycles. The summed E-state index contributed by atoms with van der Waals surface area (Å²) in [6, 6.07) is 7.54. The first kappa shape index (κ1) is 18.7. The number of esters is 1. The molecule has 0 saturated heterocycles. The molecule has 0 aliphatic carbocycles. The second-order valence-corrected chi connectivity index (χ2v) is 6.78. The second-order valence-electron chi connectivity index (χ2n) is 6.78. The standard InChI is InChI=1S/C22H21N3O4/c1-3-28-22(27)18-19(26)17(11-14-12-24-20-16(14)5-4-10-23-20)29-21(18)25-15-8-6-13(2)7-9-15/h6-12,24-25H,3-5H2,1-2H3/b17-11-. The van der Waals surface area contributed by atoms with Crippen LogP contribution in [0.3, 0.4) is 0 Å². The Kier molecular flexibility index (Phi) is 5.03. The van der Waals surface area contributed by atoms with E-state index in [0.717, 1.165) is 35.3 Å². The molecule has 0 amide bonds. The van der Waals surface area contributed by atoms with Crippen LogP contribution < -0.4 is 5.32 Å². The summed E-state index contributed by atoms with van der Waals surface area (Å²) in [6.45, 7) is 3.83. The van der Waals surface area contributed by atoms with Crippen molar-refractivity contribution in [3.05, 3.63) is 64.4 Å². The lowest BCUT2D eigenvalue weighted by Gasteiger charge is -2.09. The van der Waals surface area contributed by atoms with E-state index in [9.17, 15) is 9.59 Å². The lowest BCUT2D eigenvalue weighted by Crippen LogP contribution is -2.16. The molecule has 7 nitrogen and oxygen atoms in total. The number of aryl methyl sites for hydroxylation is 1. The van der Waals surface area contributed by atoms with E-state index in [4.69, 9.17) is 9.47 Å². The van der Waals surface area contributed by atoms with Crippen molar-refractivity contribution in [1.29, 1.82) is 0 Å². The maximum atomic E-state index is 12.9. The van der Waals surface area contributed by atoms with E-state index in [-0.39, 0.29) is 23.8 Å². The van der Waals surface area contributed by atoms with Crippen LogP contribution in [-0.2, 0) is 25.5 Å². The normalized spacial score (nSPS) is 16.8. The maximum absolute atomic E-state index is 12.9. The third-order valence-electron chi connectivity index (χ3n) is 4.71. The molecule has 148 valence electrons. The number of nitrogens with one attached hydrogen (secondary N) is 2. The molecule has 2 aliphatic rings. The Bertz CT molecular complexity index is 1060. The molecule has 0 fully saturated rings. The minimum Gasteiger partial charge on any atom is -0.462 e. The number of Topliss-reactive ketones (excluding diaryl/α,β-unsaturated/α-hetero) is 1. The van der Waals surface area contributed by atoms with Gasteiger partial charge in [0.2, 0.25) is 11.7 Å². The predicted molar refractivity (Wildman–Crippen MR) is 110 cm³/mol. The fraction of sp³-hybridized carbons (Fsp3) is 0.227. The largest absolute Gasteiger partial charge is 0.462 e. The minimum absolute atomic E-state index is 0.0685. The lowest BCUT2D eigenvalue weighted by atomic mass is 10.0. The van der Waals surface area contributed by atoms with E-state index in [1.807, 2.05) is 37.4 Å². The summed E-state index contributed by atoms with van der Waals surface area (Å²) in [5, 5.41) is 3.02. The van der Waals surface area contributed by atoms with Crippen molar-refractivity contribution in [3.63, 3.8) is 0 Å². The van der Waals surface area contributed by atoms with Crippen molar-refractivity contribution in [2.45, 2.75) is 26.7 Å². The van der Waals surface area contributed by atoms with Gasteiger partial charge in [0.25, 0.3) is 0 Å². The number of ether oxygens (including phenoxy) is 2. The van der Waals surface area contributed by atoms with E-state index in [0.29, 0.717) is 5.69 Å². The number of carbonyl (C=O) groups excluding carboxylic acids is 2. The minimum atomic E-state index is -0.712. The lowest BCUT2D eigenvalue weighted by molar-refractivity contribution is -0.139. The third kappa shape index (κ3) is 3.71. The Labute approximate surface area is 168 Å². The number of rotatable bonds is 5. The Morgan fingerprint density at radius 3 is 2.90 bits per heavy atom. The van der Waals surface area contributed by atoms with Gasteiger partial charge in [-0.1, -0.05) is 17.7 Å². The molecule has 3 heterocycles. The molecule has 29 heavy (non-hydrogen) atoms. The van der Waals surface area contributed by atoms with Gasteiger partial charge in [-0.2, -0.15) is 0 Å². The van der Waals surface area contributed by atoms with Crippen LogP contribution in [0.5, 0.6) is 0 Å². The molecule has 1 aromatic heterocycles. The number of aromatic nitrogens is 1. The highest BCUT2D eigenvalue weighted by Crippen LogP contribution is 2.32. The highest BCUT2D eigenvalue weighted by Gasteiger charge is 2.37. The predicted octanol–water partition coefficient (Wildman–Crippen LogP) is 3.80. The van der Waals surface area contributed by atoms with Crippen molar-refractivity contribution in [3.8, 4) is 0 Å². The zero-order valence-corrected chi connectivity index (χ0v) is 16.2. The van der Waals surface area contributed by atoms with Gasteiger partial charge in [-0.3, -0.25) is 4.79 Å². The SMILES string of the molecule is CCOC(=O)C1=C(Nc2ccc(C)cc2)O/C(=C\c2c[nH]c3c2CCC=N3)C1=O. The summed E-state index contributed by atoms with van der Waals surface area (Å²) in [6.07, 6.45) is 6.94. The molecule has 0 saturated carbocycles. The fourth-order valence-electron chi connectivity index (χ4n) is 3.24. The molecule has 0 atom stereocenters. The van der Waals surface area contributed by atoms with Crippen molar-refractivity contribution >= 4 is 35.5 Å². The summed E-state index contributed by atoms with van der Waals surface area (Å²) in [7, 11) is 0. The van der Waals surface area contributed by atoms with E-state index in [1.54, 1.807) is 19.2 Å². The van der Waals surface area contributed by atoms with Gasteiger partial charge in [0.1, 0.15) is 5.82 Å². The van der Waals surface area contributed by atoms with Crippen LogP contribution in [0.4, 0.5) is 11.5 Å². The van der Waals surface area contributed by atoms with Gasteiger partial charge in [-0.15, -0.1) is 0 Å². The highest BCUT2D eigenvalue weighted by molar-refractivity contribution is 6.26. The van der Waals surface area contributed by atoms with Gasteiger partial charge >= 0.3 is 5.97 Å². The second kappa shape index (κ2) is 7.79. The number of hydrogen-bond donors (Lipinski definition) is 2. The molecule has 2 aromatic rings. The van der Waals surface area contributed by atoms with E-state index in [2.05, 4.69) is 15.3 Å². The van der Waals surface area contributed by atoms with Gasteiger partial charge in [-0.25, -0.2) is 9.79 Å². The molecule has 4 rings (SSSR count). The summed E-state index contributed by atoms with van der Waals surface area (Å²) in [5.41, 5.74) is 3.50. The number of benzene rings is 1. The number of nitrogens with zero attached hydrogens (tertiary/aromatic N) is 1. The Morgan fingerprint density at radius 2 is 2.14 bits per heavy atom. The van der Waals surface area contributed by atoms with Crippen molar-refractivity contribution in [2.24, 2.45) is 4.99 Å². The maximum Gasteiger partial charge on any atom is 0.347 e. The number of hydrogen-bond acceptors (Lipinski definition) is 6. The number of H-pyrrole nitrogens is 1. The average molecular weight is 391 g/mol. The molecule has 7 heteroatoms. The summed E-state index contributed by atoms with van der Waals surface area (Å²) < 4.78 is 10.8. The van der Waals surface area contributed by atoms with Crippen LogP contribution in [-0.4, -0.2) is 29.6 Å². The van der Waals surface area contributed by atoms with Crippen molar-refractivity contribution in [2.75, 3.05) is 11.9 Å². The van der Waals surface area contributed by atoms with Crippen LogP contribution in [0, 0.1) is 6.92 Å².